The summed E-state index contributed by atoms with van der Waals surface area (Å²) in [4.78, 5) is 26.1. The Kier molecular flexibility index (Phi) is 4.37. The van der Waals surface area contributed by atoms with Gasteiger partial charge in [0.15, 0.2) is 0 Å². The predicted molar refractivity (Wildman–Crippen MR) is 91.6 cm³/mol. The van der Waals surface area contributed by atoms with Gasteiger partial charge in [0.25, 0.3) is 5.56 Å². The summed E-state index contributed by atoms with van der Waals surface area (Å²) in [6, 6.07) is 13.6. The Balaban J connectivity index is 1.89. The molecular weight excluding hydrogens is 304 g/mol. The summed E-state index contributed by atoms with van der Waals surface area (Å²) in [5.74, 6) is 0.277. The third kappa shape index (κ3) is 3.32. The average Bonchev–Trinajstić information content (AvgIpc) is 2.54. The fraction of sp³-hybridized carbons (Fsp3) is 0.222. The van der Waals surface area contributed by atoms with Gasteiger partial charge >= 0.3 is 0 Å². The van der Waals surface area contributed by atoms with Crippen LogP contribution in [0, 0.1) is 0 Å². The minimum Gasteiger partial charge on any atom is -0.348 e. The molecule has 1 unspecified atom stereocenters. The summed E-state index contributed by atoms with van der Waals surface area (Å²) in [5, 5.41) is 13.0. The van der Waals surface area contributed by atoms with Crippen LogP contribution in [0.1, 0.15) is 37.0 Å². The molecule has 0 aliphatic carbocycles. The average molecular weight is 322 g/mol. The molecule has 2 aromatic carbocycles. The molecule has 6 nitrogen and oxygen atoms in total. The summed E-state index contributed by atoms with van der Waals surface area (Å²) in [7, 11) is 0. The first-order valence-corrected chi connectivity index (χ1v) is 7.74. The van der Waals surface area contributed by atoms with Gasteiger partial charge in [0.2, 0.25) is 5.91 Å². The lowest BCUT2D eigenvalue weighted by molar-refractivity contribution is -0.119. The number of hydrogen-bond donors (Lipinski definition) is 2. The summed E-state index contributed by atoms with van der Waals surface area (Å²) < 4.78 is 0. The summed E-state index contributed by atoms with van der Waals surface area (Å²) in [6.45, 7) is 3.10. The Bertz CT molecular complexity index is 944. The second kappa shape index (κ2) is 6.62. The van der Waals surface area contributed by atoms with E-state index >= 15 is 0 Å². The van der Waals surface area contributed by atoms with Crippen LogP contribution in [0.5, 0.6) is 0 Å². The number of amides is 1. The highest BCUT2D eigenvalue weighted by molar-refractivity contribution is 5.85. The van der Waals surface area contributed by atoms with Crippen molar-refractivity contribution in [3.05, 3.63) is 69.9 Å². The van der Waals surface area contributed by atoms with Crippen molar-refractivity contribution in [3.8, 4) is 0 Å². The summed E-state index contributed by atoms with van der Waals surface area (Å²) in [6.07, 6.45) is 0.485. The van der Waals surface area contributed by atoms with E-state index < -0.39 is 6.04 Å². The van der Waals surface area contributed by atoms with Crippen molar-refractivity contribution in [1.82, 2.24) is 20.5 Å². The molecule has 0 fully saturated rings. The van der Waals surface area contributed by atoms with Crippen molar-refractivity contribution in [2.24, 2.45) is 0 Å². The van der Waals surface area contributed by atoms with E-state index in [1.54, 1.807) is 6.92 Å². The highest BCUT2D eigenvalue weighted by atomic mass is 16.1. The maximum atomic E-state index is 12.2. The van der Waals surface area contributed by atoms with Crippen molar-refractivity contribution in [2.75, 3.05) is 0 Å². The SMILES string of the molecule is CC(=O)NC(C)c1nnc(Cc2cccc3ccccc23)[nH]c1=O. The zero-order chi connectivity index (χ0) is 17.1. The van der Waals surface area contributed by atoms with Crippen molar-refractivity contribution in [2.45, 2.75) is 26.3 Å². The zero-order valence-electron chi connectivity index (χ0n) is 13.5. The smallest absolute Gasteiger partial charge is 0.275 e. The Hall–Kier alpha value is -3.02. The molecule has 0 bridgehead atoms. The summed E-state index contributed by atoms with van der Waals surface area (Å²) in [5.41, 5.74) is 0.939. The largest absolute Gasteiger partial charge is 0.348 e. The molecule has 0 spiro atoms. The quantitative estimate of drug-likeness (QED) is 0.770. The van der Waals surface area contributed by atoms with Gasteiger partial charge in [0.1, 0.15) is 11.5 Å². The zero-order valence-corrected chi connectivity index (χ0v) is 13.5. The van der Waals surface area contributed by atoms with Crippen LogP contribution in [0.15, 0.2) is 47.3 Å². The first kappa shape index (κ1) is 15.9. The number of nitrogens with one attached hydrogen (secondary N) is 2. The van der Waals surface area contributed by atoms with Gasteiger partial charge in [-0.05, 0) is 23.3 Å². The van der Waals surface area contributed by atoms with Crippen LogP contribution in [0.4, 0.5) is 0 Å². The van der Waals surface area contributed by atoms with E-state index in [-0.39, 0.29) is 17.2 Å². The molecule has 122 valence electrons. The molecule has 0 aliphatic rings. The molecule has 1 heterocycles. The number of benzene rings is 2. The number of H-pyrrole nitrogens is 1. The van der Waals surface area contributed by atoms with Gasteiger partial charge in [0, 0.05) is 13.3 Å². The van der Waals surface area contributed by atoms with Gasteiger partial charge in [-0.15, -0.1) is 10.2 Å². The van der Waals surface area contributed by atoms with Gasteiger partial charge in [-0.3, -0.25) is 9.59 Å². The summed E-state index contributed by atoms with van der Waals surface area (Å²) >= 11 is 0. The molecule has 1 aromatic heterocycles. The maximum Gasteiger partial charge on any atom is 0.275 e. The van der Waals surface area contributed by atoms with Crippen LogP contribution in [-0.2, 0) is 11.2 Å². The normalized spacial score (nSPS) is 12.1. The molecule has 1 atom stereocenters. The van der Waals surface area contributed by atoms with Crippen LogP contribution in [0.2, 0.25) is 0 Å². The molecule has 0 saturated heterocycles. The lowest BCUT2D eigenvalue weighted by Gasteiger charge is -2.11. The maximum absolute atomic E-state index is 12.2. The van der Waals surface area contributed by atoms with E-state index in [1.165, 1.54) is 6.92 Å². The molecule has 0 aliphatic heterocycles. The van der Waals surface area contributed by atoms with Gasteiger partial charge in [-0.2, -0.15) is 0 Å². The standard InChI is InChI=1S/C18H18N4O2/c1-11(19-12(2)23)17-18(24)20-16(21-22-17)10-14-8-5-7-13-6-3-4-9-15(13)14/h3-9,11H,10H2,1-2H3,(H,19,23)(H,20,21,24). The molecule has 0 saturated carbocycles. The Labute approximate surface area is 138 Å². The lowest BCUT2D eigenvalue weighted by atomic mass is 10.0. The molecular formula is C18H18N4O2. The molecule has 3 rings (SSSR count). The first-order chi connectivity index (χ1) is 11.5. The fourth-order valence-corrected chi connectivity index (χ4v) is 2.74. The number of carbonyl (C=O) groups is 1. The van der Waals surface area contributed by atoms with E-state index in [9.17, 15) is 9.59 Å². The van der Waals surface area contributed by atoms with Crippen LogP contribution >= 0.6 is 0 Å². The third-order valence-corrected chi connectivity index (χ3v) is 3.84. The topological polar surface area (TPSA) is 87.7 Å². The van der Waals surface area contributed by atoms with Gasteiger partial charge in [-0.1, -0.05) is 42.5 Å². The number of aromatic amines is 1. The highest BCUT2D eigenvalue weighted by Crippen LogP contribution is 2.20. The van der Waals surface area contributed by atoms with Gasteiger partial charge < -0.3 is 10.3 Å². The van der Waals surface area contributed by atoms with Crippen LogP contribution in [0.3, 0.4) is 0 Å². The number of hydrogen-bond acceptors (Lipinski definition) is 4. The molecule has 2 N–H and O–H groups in total. The van der Waals surface area contributed by atoms with Crippen molar-refractivity contribution in [1.29, 1.82) is 0 Å². The van der Waals surface area contributed by atoms with E-state index in [1.807, 2.05) is 42.5 Å². The molecule has 24 heavy (non-hydrogen) atoms. The second-order valence-electron chi connectivity index (χ2n) is 5.72. The highest BCUT2D eigenvalue weighted by Gasteiger charge is 2.14. The second-order valence-corrected chi connectivity index (χ2v) is 5.72. The minimum absolute atomic E-state index is 0.201. The fourth-order valence-electron chi connectivity index (χ4n) is 2.74. The Morgan fingerprint density at radius 2 is 1.92 bits per heavy atom. The van der Waals surface area contributed by atoms with Crippen LogP contribution in [0.25, 0.3) is 10.8 Å². The van der Waals surface area contributed by atoms with Crippen LogP contribution in [-0.4, -0.2) is 21.1 Å². The van der Waals surface area contributed by atoms with E-state index in [0.29, 0.717) is 12.2 Å². The van der Waals surface area contributed by atoms with Crippen molar-refractivity contribution < 1.29 is 4.79 Å². The number of carbonyl (C=O) groups excluding carboxylic acids is 1. The molecule has 1 amide bonds. The minimum atomic E-state index is -0.481. The molecule has 3 aromatic rings. The Morgan fingerprint density at radius 1 is 1.17 bits per heavy atom. The number of nitrogens with zero attached hydrogens (tertiary/aromatic N) is 2. The molecule has 6 heteroatoms. The van der Waals surface area contributed by atoms with E-state index in [4.69, 9.17) is 0 Å². The molecule has 0 radical (unpaired) electrons. The van der Waals surface area contributed by atoms with E-state index in [0.717, 1.165) is 16.3 Å². The van der Waals surface area contributed by atoms with Crippen molar-refractivity contribution >= 4 is 16.7 Å². The predicted octanol–water partition coefficient (Wildman–Crippen LogP) is 2.11. The number of aromatic nitrogens is 3. The lowest BCUT2D eigenvalue weighted by Crippen LogP contribution is -2.31. The third-order valence-electron chi connectivity index (χ3n) is 3.84. The van der Waals surface area contributed by atoms with Gasteiger partial charge in [0.05, 0.1) is 6.04 Å². The van der Waals surface area contributed by atoms with Gasteiger partial charge in [-0.25, -0.2) is 0 Å². The van der Waals surface area contributed by atoms with Crippen LogP contribution < -0.4 is 10.9 Å². The van der Waals surface area contributed by atoms with Crippen molar-refractivity contribution in [3.63, 3.8) is 0 Å². The number of rotatable bonds is 4. The van der Waals surface area contributed by atoms with E-state index in [2.05, 4.69) is 20.5 Å². The Morgan fingerprint density at radius 3 is 2.67 bits per heavy atom. The first-order valence-electron chi connectivity index (χ1n) is 7.74. The monoisotopic (exact) mass is 322 g/mol. The number of fused-ring (bicyclic) bond motifs is 1.